The van der Waals surface area contributed by atoms with Gasteiger partial charge in [0.1, 0.15) is 5.82 Å². The van der Waals surface area contributed by atoms with Gasteiger partial charge in [0.15, 0.2) is 0 Å². The Morgan fingerprint density at radius 2 is 2.36 bits per heavy atom. The molecule has 0 aromatic carbocycles. The molecule has 0 aliphatic rings. The first-order chi connectivity index (χ1) is 6.68. The van der Waals surface area contributed by atoms with Crippen LogP contribution < -0.4 is 5.32 Å². The van der Waals surface area contributed by atoms with Crippen LogP contribution in [0.4, 0.5) is 5.82 Å². The molecule has 1 aromatic heterocycles. The summed E-state index contributed by atoms with van der Waals surface area (Å²) in [5, 5.41) is 3.02. The largest absolute Gasteiger partial charge is 0.772 e. The number of halogens is 1. The van der Waals surface area contributed by atoms with E-state index in [4.69, 9.17) is 0 Å². The van der Waals surface area contributed by atoms with Crippen molar-refractivity contribution in [1.82, 2.24) is 4.98 Å². The standard InChI is InChI=1S/C8H11BrN2O2S/c9-7-2-3-8(11-6-7)10-4-1-5-14(12)13/h2-3,6H,1,4-5H2,(H,10,11)(H,12,13)/p-1. The van der Waals surface area contributed by atoms with E-state index in [0.29, 0.717) is 13.0 Å². The average molecular weight is 278 g/mol. The summed E-state index contributed by atoms with van der Waals surface area (Å²) in [5.74, 6) is 0.939. The number of anilines is 1. The normalized spacial score (nSPS) is 12.4. The van der Waals surface area contributed by atoms with Crippen LogP contribution in [0.1, 0.15) is 6.42 Å². The molecule has 0 bridgehead atoms. The Labute approximate surface area is 93.5 Å². The summed E-state index contributed by atoms with van der Waals surface area (Å²) >= 11 is 1.33. The van der Waals surface area contributed by atoms with Crippen LogP contribution in [-0.4, -0.2) is 26.0 Å². The quantitative estimate of drug-likeness (QED) is 0.655. The van der Waals surface area contributed by atoms with Gasteiger partial charge in [-0.3, -0.25) is 4.21 Å². The highest BCUT2D eigenvalue weighted by molar-refractivity contribution is 9.10. The highest BCUT2D eigenvalue weighted by Gasteiger charge is 1.92. The predicted octanol–water partition coefficient (Wildman–Crippen LogP) is 1.53. The molecule has 14 heavy (non-hydrogen) atoms. The van der Waals surface area contributed by atoms with E-state index in [1.165, 1.54) is 0 Å². The summed E-state index contributed by atoms with van der Waals surface area (Å²) in [6.45, 7) is 0.614. The Morgan fingerprint density at radius 1 is 1.57 bits per heavy atom. The lowest BCUT2D eigenvalue weighted by atomic mass is 10.4. The first-order valence-corrected chi connectivity index (χ1v) is 6.13. The molecule has 1 aromatic rings. The molecule has 0 saturated carbocycles. The minimum absolute atomic E-state index is 0.184. The third kappa shape index (κ3) is 4.69. The number of nitrogens with zero attached hydrogens (tertiary/aromatic N) is 1. The van der Waals surface area contributed by atoms with Crippen LogP contribution in [0.3, 0.4) is 0 Å². The van der Waals surface area contributed by atoms with Crippen molar-refractivity contribution in [1.29, 1.82) is 0 Å². The van der Waals surface area contributed by atoms with Crippen LogP contribution in [0.25, 0.3) is 0 Å². The minimum atomic E-state index is -1.95. The van der Waals surface area contributed by atoms with Gasteiger partial charge in [0.2, 0.25) is 0 Å². The van der Waals surface area contributed by atoms with E-state index < -0.39 is 11.1 Å². The molecule has 0 amide bonds. The van der Waals surface area contributed by atoms with Crippen molar-refractivity contribution in [3.63, 3.8) is 0 Å². The molecule has 0 saturated heterocycles. The molecular formula is C8H10BrN2O2S-. The summed E-state index contributed by atoms with van der Waals surface area (Å²) < 4.78 is 21.3. The Kier molecular flexibility index (Phi) is 5.06. The summed E-state index contributed by atoms with van der Waals surface area (Å²) in [4.78, 5) is 4.08. The van der Waals surface area contributed by atoms with Crippen LogP contribution in [0.15, 0.2) is 22.8 Å². The van der Waals surface area contributed by atoms with Crippen LogP contribution in [0, 0.1) is 0 Å². The van der Waals surface area contributed by atoms with Crippen molar-refractivity contribution in [2.24, 2.45) is 0 Å². The highest BCUT2D eigenvalue weighted by Crippen LogP contribution is 2.10. The van der Waals surface area contributed by atoms with E-state index in [9.17, 15) is 8.76 Å². The zero-order valence-corrected chi connectivity index (χ0v) is 9.81. The van der Waals surface area contributed by atoms with Crippen molar-refractivity contribution in [3.8, 4) is 0 Å². The number of nitrogens with one attached hydrogen (secondary N) is 1. The number of pyridine rings is 1. The molecule has 78 valence electrons. The fraction of sp³-hybridized carbons (Fsp3) is 0.375. The molecule has 6 heteroatoms. The van der Waals surface area contributed by atoms with Gasteiger partial charge in [-0.15, -0.1) is 0 Å². The average Bonchev–Trinajstić information content (AvgIpc) is 2.15. The van der Waals surface area contributed by atoms with Gasteiger partial charge in [-0.25, -0.2) is 4.98 Å². The SMILES string of the molecule is O=S([O-])CCCNc1ccc(Br)cn1. The molecule has 1 rings (SSSR count). The van der Waals surface area contributed by atoms with Gasteiger partial charge < -0.3 is 9.87 Å². The van der Waals surface area contributed by atoms with Gasteiger partial charge in [-0.05, 0) is 34.5 Å². The molecule has 0 fully saturated rings. The Bertz CT molecular complexity index is 305. The maximum Gasteiger partial charge on any atom is 0.125 e. The lowest BCUT2D eigenvalue weighted by molar-refractivity contribution is 0.535. The smallest absolute Gasteiger partial charge is 0.125 e. The molecule has 0 aliphatic heterocycles. The van der Waals surface area contributed by atoms with Crippen molar-refractivity contribution in [2.75, 3.05) is 17.6 Å². The van der Waals surface area contributed by atoms with Crippen LogP contribution in [-0.2, 0) is 11.1 Å². The van der Waals surface area contributed by atoms with E-state index in [2.05, 4.69) is 26.2 Å². The third-order valence-corrected chi connectivity index (χ3v) is 2.61. The third-order valence-electron chi connectivity index (χ3n) is 1.52. The summed E-state index contributed by atoms with van der Waals surface area (Å²) in [5.41, 5.74) is 0. The first kappa shape index (κ1) is 11.6. The second kappa shape index (κ2) is 6.10. The predicted molar refractivity (Wildman–Crippen MR) is 58.8 cm³/mol. The first-order valence-electron chi connectivity index (χ1n) is 4.10. The molecule has 1 heterocycles. The zero-order chi connectivity index (χ0) is 10.4. The second-order valence-electron chi connectivity index (χ2n) is 2.65. The number of hydrogen-bond donors (Lipinski definition) is 1. The summed E-state index contributed by atoms with van der Waals surface area (Å²) in [7, 11) is 0. The molecule has 1 N–H and O–H groups in total. The number of aromatic nitrogens is 1. The Hall–Kier alpha value is -0.460. The fourth-order valence-electron chi connectivity index (χ4n) is 0.887. The van der Waals surface area contributed by atoms with Gasteiger partial charge in [0.05, 0.1) is 0 Å². The van der Waals surface area contributed by atoms with Gasteiger partial charge in [-0.2, -0.15) is 0 Å². The van der Waals surface area contributed by atoms with Crippen LogP contribution in [0.2, 0.25) is 0 Å². The van der Waals surface area contributed by atoms with E-state index in [0.717, 1.165) is 10.3 Å². The van der Waals surface area contributed by atoms with Crippen molar-refractivity contribution in [3.05, 3.63) is 22.8 Å². The Morgan fingerprint density at radius 3 is 2.93 bits per heavy atom. The summed E-state index contributed by atoms with van der Waals surface area (Å²) in [6, 6.07) is 3.71. The molecule has 4 nitrogen and oxygen atoms in total. The Balaban J connectivity index is 2.25. The van der Waals surface area contributed by atoms with E-state index >= 15 is 0 Å². The fourth-order valence-corrected chi connectivity index (χ4v) is 1.50. The van der Waals surface area contributed by atoms with E-state index in [1.54, 1.807) is 6.20 Å². The molecule has 1 unspecified atom stereocenters. The molecule has 1 atom stereocenters. The van der Waals surface area contributed by atoms with Crippen molar-refractivity contribution in [2.45, 2.75) is 6.42 Å². The maximum atomic E-state index is 10.2. The molecular weight excluding hydrogens is 268 g/mol. The number of hydrogen-bond acceptors (Lipinski definition) is 4. The van der Waals surface area contributed by atoms with E-state index in [1.807, 2.05) is 12.1 Å². The lowest BCUT2D eigenvalue weighted by Crippen LogP contribution is -2.07. The topological polar surface area (TPSA) is 65.0 Å². The van der Waals surface area contributed by atoms with Gasteiger partial charge in [0, 0.05) is 23.0 Å². The minimum Gasteiger partial charge on any atom is -0.772 e. The van der Waals surface area contributed by atoms with Gasteiger partial charge in [-0.1, -0.05) is 11.1 Å². The van der Waals surface area contributed by atoms with Gasteiger partial charge >= 0.3 is 0 Å². The van der Waals surface area contributed by atoms with Crippen molar-refractivity contribution < 1.29 is 8.76 Å². The highest BCUT2D eigenvalue weighted by atomic mass is 79.9. The molecule has 0 spiro atoms. The maximum absolute atomic E-state index is 10.2. The second-order valence-corrected chi connectivity index (χ2v) is 4.58. The van der Waals surface area contributed by atoms with Gasteiger partial charge in [0.25, 0.3) is 0 Å². The van der Waals surface area contributed by atoms with Crippen LogP contribution in [0.5, 0.6) is 0 Å². The van der Waals surface area contributed by atoms with E-state index in [-0.39, 0.29) is 5.75 Å². The monoisotopic (exact) mass is 277 g/mol. The lowest BCUT2D eigenvalue weighted by Gasteiger charge is -2.06. The molecule has 0 aliphatic carbocycles. The van der Waals surface area contributed by atoms with Crippen LogP contribution >= 0.6 is 15.9 Å². The number of rotatable bonds is 5. The molecule has 0 radical (unpaired) electrons. The van der Waals surface area contributed by atoms with Crippen molar-refractivity contribution >= 4 is 32.8 Å². The summed E-state index contributed by atoms with van der Waals surface area (Å²) in [6.07, 6.45) is 2.28. The zero-order valence-electron chi connectivity index (χ0n) is 7.40.